The van der Waals surface area contributed by atoms with E-state index in [1.54, 1.807) is 0 Å². The number of H-pyrrole nitrogens is 1. The van der Waals surface area contributed by atoms with Crippen molar-refractivity contribution < 1.29 is 9.15 Å². The van der Waals surface area contributed by atoms with E-state index in [0.29, 0.717) is 35.5 Å². The minimum Gasteiger partial charge on any atom is -0.384 e. The number of nitrogens with zero attached hydrogens (tertiary/aromatic N) is 6. The molecule has 0 unspecified atom stereocenters. The maximum Gasteiger partial charge on any atom is 0.434 e. The van der Waals surface area contributed by atoms with Crippen LogP contribution in [0.3, 0.4) is 0 Å². The third-order valence-corrected chi connectivity index (χ3v) is 8.02. The number of rotatable bonds is 5. The van der Waals surface area contributed by atoms with Gasteiger partial charge in [0.1, 0.15) is 11.2 Å². The Morgan fingerprint density at radius 2 is 1.82 bits per heavy atom. The smallest absolute Gasteiger partial charge is 0.384 e. The van der Waals surface area contributed by atoms with Crippen molar-refractivity contribution in [3.8, 4) is 23.0 Å². The second kappa shape index (κ2) is 10.1. The van der Waals surface area contributed by atoms with Gasteiger partial charge in [-0.1, -0.05) is 43.5 Å². The molecule has 2 fully saturated rings. The molecule has 1 aromatic carbocycles. The molecule has 200 valence electrons. The Bertz CT molecular complexity index is 1490. The van der Waals surface area contributed by atoms with Gasteiger partial charge in [0.05, 0.1) is 25.3 Å². The first-order valence-corrected chi connectivity index (χ1v) is 13.7. The molecule has 1 saturated heterocycles. The summed E-state index contributed by atoms with van der Waals surface area (Å²) in [5.74, 6) is 1.70. The topological polar surface area (TPSA) is 115 Å². The number of hydrogen-bond acceptors (Lipinski definition) is 8. The van der Waals surface area contributed by atoms with Gasteiger partial charge in [0.2, 0.25) is 11.8 Å². The summed E-state index contributed by atoms with van der Waals surface area (Å²) < 4.78 is 13.3. The number of benzene rings is 1. The van der Waals surface area contributed by atoms with E-state index >= 15 is 0 Å². The van der Waals surface area contributed by atoms with Crippen LogP contribution in [-0.4, -0.2) is 55.0 Å². The normalized spacial score (nSPS) is 24.3. The number of ether oxygens (including phenoxy) is 1. The molecule has 0 radical (unpaired) electrons. The van der Waals surface area contributed by atoms with E-state index in [9.17, 15) is 4.79 Å². The van der Waals surface area contributed by atoms with Crippen molar-refractivity contribution >= 4 is 28.7 Å². The zero-order valence-corrected chi connectivity index (χ0v) is 22.6. The Hall–Kier alpha value is -3.24. The second-order valence-electron chi connectivity index (χ2n) is 10.8. The van der Waals surface area contributed by atoms with Gasteiger partial charge in [-0.2, -0.15) is 4.98 Å². The van der Waals surface area contributed by atoms with Crippen molar-refractivity contribution in [3.05, 3.63) is 39.8 Å². The Kier molecular flexibility index (Phi) is 6.69. The lowest BCUT2D eigenvalue weighted by Crippen LogP contribution is -2.51. The molecule has 4 aromatic rings. The molecule has 3 aromatic heterocycles. The van der Waals surface area contributed by atoms with Crippen LogP contribution in [0.2, 0.25) is 5.02 Å². The lowest BCUT2D eigenvalue weighted by Gasteiger charge is -2.40. The first kappa shape index (κ1) is 25.1. The van der Waals surface area contributed by atoms with Crippen LogP contribution in [0, 0.1) is 11.8 Å². The quantitative estimate of drug-likeness (QED) is 0.381. The lowest BCUT2D eigenvalue weighted by molar-refractivity contribution is 0.0741. The number of nitrogens with one attached hydrogen (secondary N) is 1. The van der Waals surface area contributed by atoms with E-state index in [4.69, 9.17) is 35.7 Å². The Morgan fingerprint density at radius 3 is 2.50 bits per heavy atom. The van der Waals surface area contributed by atoms with Crippen molar-refractivity contribution in [2.75, 3.05) is 18.1 Å². The molecule has 1 saturated carbocycles. The van der Waals surface area contributed by atoms with E-state index < -0.39 is 5.76 Å². The molecular formula is C27H32ClN7O3. The van der Waals surface area contributed by atoms with E-state index in [1.807, 2.05) is 24.3 Å². The fourth-order valence-electron chi connectivity index (χ4n) is 5.82. The molecule has 0 amide bonds. The van der Waals surface area contributed by atoms with Crippen LogP contribution < -0.4 is 10.7 Å². The number of hydrogen-bond donors (Lipinski definition) is 1. The predicted octanol–water partition coefficient (Wildman–Crippen LogP) is 4.93. The van der Waals surface area contributed by atoms with Crippen LogP contribution in [0.5, 0.6) is 0 Å². The van der Waals surface area contributed by atoms with Crippen molar-refractivity contribution in [3.63, 3.8) is 0 Å². The molecule has 4 heterocycles. The maximum atomic E-state index is 11.7. The number of morpholine rings is 1. The fourth-order valence-corrected chi connectivity index (χ4v) is 6.01. The van der Waals surface area contributed by atoms with Crippen LogP contribution in [-0.2, 0) is 11.3 Å². The molecule has 1 aliphatic heterocycles. The predicted molar refractivity (Wildman–Crippen MR) is 145 cm³/mol. The average molecular weight is 538 g/mol. The molecule has 6 rings (SSSR count). The number of imidazole rings is 1. The molecule has 1 N–H and O–H groups in total. The molecule has 1 aliphatic carbocycles. The summed E-state index contributed by atoms with van der Waals surface area (Å²) in [6.45, 7) is 8.74. The average Bonchev–Trinajstić information content (AvgIpc) is 3.48. The van der Waals surface area contributed by atoms with Gasteiger partial charge < -0.3 is 18.6 Å². The van der Waals surface area contributed by atoms with Crippen LogP contribution in [0.15, 0.2) is 33.5 Å². The molecule has 2 aliphatic rings. The molecule has 10 nitrogen and oxygen atoms in total. The highest BCUT2D eigenvalue weighted by Gasteiger charge is 2.33. The number of aromatic amines is 1. The summed E-state index contributed by atoms with van der Waals surface area (Å²) in [5, 5.41) is 6.87. The van der Waals surface area contributed by atoms with E-state index in [-0.39, 0.29) is 23.8 Å². The van der Waals surface area contributed by atoms with Gasteiger partial charge in [0.25, 0.3) is 5.89 Å². The summed E-state index contributed by atoms with van der Waals surface area (Å²) >= 11 is 6.42. The van der Waals surface area contributed by atoms with Gasteiger partial charge in [0.15, 0.2) is 5.65 Å². The molecular weight excluding hydrogens is 506 g/mol. The van der Waals surface area contributed by atoms with Gasteiger partial charge in [-0.05, 0) is 50.7 Å². The number of fused-ring (bicyclic) bond motifs is 1. The summed E-state index contributed by atoms with van der Waals surface area (Å²) in [7, 11) is 0. The van der Waals surface area contributed by atoms with Crippen molar-refractivity contribution in [2.45, 2.75) is 65.1 Å². The second-order valence-corrected chi connectivity index (χ2v) is 11.2. The van der Waals surface area contributed by atoms with Gasteiger partial charge in [-0.15, -0.1) is 5.10 Å². The zero-order valence-electron chi connectivity index (χ0n) is 21.9. The van der Waals surface area contributed by atoms with Gasteiger partial charge in [-0.25, -0.2) is 19.9 Å². The first-order chi connectivity index (χ1) is 18.4. The van der Waals surface area contributed by atoms with E-state index in [1.165, 1.54) is 25.7 Å². The Labute approximate surface area is 225 Å². The largest absolute Gasteiger partial charge is 0.434 e. The summed E-state index contributed by atoms with van der Waals surface area (Å²) in [5.41, 5.74) is 2.88. The number of anilines is 1. The summed E-state index contributed by atoms with van der Waals surface area (Å²) in [6.07, 6.45) is 4.82. The van der Waals surface area contributed by atoms with Crippen molar-refractivity contribution in [1.29, 1.82) is 0 Å². The summed E-state index contributed by atoms with van der Waals surface area (Å²) in [6, 6.07) is 7.88. The third kappa shape index (κ3) is 4.71. The first-order valence-electron chi connectivity index (χ1n) is 13.3. The van der Waals surface area contributed by atoms with E-state index in [2.05, 4.69) is 40.4 Å². The highest BCUT2D eigenvalue weighted by Crippen LogP contribution is 2.37. The van der Waals surface area contributed by atoms with Gasteiger partial charge in [-0.3, -0.25) is 0 Å². The molecule has 2 atom stereocenters. The SMILES string of the molecule is C[C@@H]1COC[C@@H](C)N1c1nc2nc(-c3n[nH]c(=O)o3)nc(-c3cccc(Cl)c3)c2n1C[C@H]1CC[C@H](C)CC1. The Morgan fingerprint density at radius 1 is 1.05 bits per heavy atom. The molecule has 0 bridgehead atoms. The van der Waals surface area contributed by atoms with Crippen LogP contribution in [0.1, 0.15) is 46.5 Å². The van der Waals surface area contributed by atoms with Crippen LogP contribution in [0.25, 0.3) is 34.1 Å². The van der Waals surface area contributed by atoms with Gasteiger partial charge >= 0.3 is 5.76 Å². The third-order valence-electron chi connectivity index (χ3n) is 7.79. The number of halogens is 1. The van der Waals surface area contributed by atoms with Crippen LogP contribution >= 0.6 is 11.6 Å². The minimum atomic E-state index is -0.665. The van der Waals surface area contributed by atoms with Crippen molar-refractivity contribution in [1.82, 2.24) is 29.7 Å². The minimum absolute atomic E-state index is 0.0191. The van der Waals surface area contributed by atoms with Gasteiger partial charge in [0, 0.05) is 17.1 Å². The lowest BCUT2D eigenvalue weighted by atomic mass is 9.83. The monoisotopic (exact) mass is 537 g/mol. The fraction of sp³-hybridized carbons (Fsp3) is 0.519. The molecule has 0 spiro atoms. The van der Waals surface area contributed by atoms with Crippen LogP contribution in [0.4, 0.5) is 5.95 Å². The highest BCUT2D eigenvalue weighted by atomic mass is 35.5. The molecule has 38 heavy (non-hydrogen) atoms. The maximum absolute atomic E-state index is 11.7. The highest BCUT2D eigenvalue weighted by molar-refractivity contribution is 6.30. The Balaban J connectivity index is 1.59. The van der Waals surface area contributed by atoms with E-state index in [0.717, 1.165) is 29.5 Å². The zero-order chi connectivity index (χ0) is 26.4. The standard InChI is InChI=1S/C27H32ClN7O3/c1-15-7-9-18(10-8-15)12-34-22-21(19-5-4-6-20(28)11-19)29-24(25-32-33-27(36)38-25)30-23(22)31-26(34)35-16(2)13-37-14-17(35)3/h4-6,11,15-18H,7-10,12-14H2,1-3H3,(H,33,36)/t15-,16-,17-,18-/m1/s1. The number of aromatic nitrogens is 6. The summed E-state index contributed by atoms with van der Waals surface area (Å²) in [4.78, 5) is 28.8. The molecule has 11 heteroatoms. The van der Waals surface area contributed by atoms with Crippen molar-refractivity contribution in [2.24, 2.45) is 11.8 Å².